The quantitative estimate of drug-likeness (QED) is 0.588. The summed E-state index contributed by atoms with van der Waals surface area (Å²) in [5.74, 6) is -0.837. The van der Waals surface area contributed by atoms with Gasteiger partial charge < -0.3 is 10.2 Å². The maximum absolute atomic E-state index is 13.9. The Kier molecular flexibility index (Phi) is 5.28. The molecule has 0 aromatic heterocycles. The van der Waals surface area contributed by atoms with Gasteiger partial charge in [0.15, 0.2) is 0 Å². The van der Waals surface area contributed by atoms with E-state index in [-0.39, 0.29) is 17.7 Å². The number of hydrogen-bond acceptors (Lipinski definition) is 4. The van der Waals surface area contributed by atoms with E-state index >= 15 is 0 Å². The molecule has 0 saturated carbocycles. The number of fused-ring (bicyclic) bond motifs is 1. The molecule has 6 heteroatoms. The van der Waals surface area contributed by atoms with Gasteiger partial charge in [-0.3, -0.25) is 14.4 Å². The van der Waals surface area contributed by atoms with Gasteiger partial charge in [-0.1, -0.05) is 42.5 Å². The second kappa shape index (κ2) is 8.30. The lowest BCUT2D eigenvalue weighted by molar-refractivity contribution is -0.120. The Morgan fingerprint density at radius 2 is 1.62 bits per heavy atom. The molecule has 0 unspecified atom stereocenters. The first-order chi connectivity index (χ1) is 16.3. The van der Waals surface area contributed by atoms with E-state index in [0.717, 1.165) is 28.8 Å². The summed E-state index contributed by atoms with van der Waals surface area (Å²) in [7, 11) is 0. The number of benzene rings is 3. The molecule has 5 rings (SSSR count). The highest BCUT2D eigenvalue weighted by Gasteiger charge is 2.44. The zero-order valence-electron chi connectivity index (χ0n) is 19.4. The minimum atomic E-state index is -0.342. The van der Waals surface area contributed by atoms with Crippen molar-refractivity contribution in [2.24, 2.45) is 0 Å². The molecular weight excluding hydrogens is 426 g/mol. The summed E-state index contributed by atoms with van der Waals surface area (Å²) in [4.78, 5) is 42.5. The van der Waals surface area contributed by atoms with E-state index in [1.54, 1.807) is 24.3 Å². The third kappa shape index (κ3) is 3.57. The number of nitrogens with one attached hydrogen (secondary N) is 1. The summed E-state index contributed by atoms with van der Waals surface area (Å²) in [5, 5.41) is 2.74. The number of nitrogens with zero attached hydrogens (tertiary/aromatic N) is 2. The van der Waals surface area contributed by atoms with Crippen LogP contribution in [0.15, 0.2) is 72.4 Å². The minimum absolute atomic E-state index is 0.172. The molecule has 1 N–H and O–H groups in total. The molecule has 0 atom stereocenters. The van der Waals surface area contributed by atoms with Gasteiger partial charge in [0, 0.05) is 24.8 Å². The van der Waals surface area contributed by atoms with Crippen LogP contribution in [0.3, 0.4) is 0 Å². The van der Waals surface area contributed by atoms with Crippen LogP contribution in [0.1, 0.15) is 29.2 Å². The summed E-state index contributed by atoms with van der Waals surface area (Å²) in [6.07, 6.45) is 0.805. The second-order valence-corrected chi connectivity index (χ2v) is 8.75. The lowest BCUT2D eigenvalue weighted by atomic mass is 10.0. The number of carbonyl (C=O) groups is 3. The van der Waals surface area contributed by atoms with Crippen molar-refractivity contribution in [3.63, 3.8) is 0 Å². The summed E-state index contributed by atoms with van der Waals surface area (Å²) < 4.78 is 0. The van der Waals surface area contributed by atoms with Crippen molar-refractivity contribution in [3.8, 4) is 0 Å². The summed E-state index contributed by atoms with van der Waals surface area (Å²) in [5.41, 5.74) is 6.57. The van der Waals surface area contributed by atoms with E-state index in [0.29, 0.717) is 34.8 Å². The predicted octanol–water partition coefficient (Wildman–Crippen LogP) is 4.61. The monoisotopic (exact) mass is 451 g/mol. The van der Waals surface area contributed by atoms with Gasteiger partial charge in [0.25, 0.3) is 11.8 Å². The Morgan fingerprint density at radius 3 is 2.35 bits per heavy atom. The highest BCUT2D eigenvalue weighted by molar-refractivity contribution is 6.46. The van der Waals surface area contributed by atoms with Gasteiger partial charge in [-0.05, 0) is 66.8 Å². The van der Waals surface area contributed by atoms with Gasteiger partial charge in [-0.25, -0.2) is 4.90 Å². The van der Waals surface area contributed by atoms with Gasteiger partial charge in [0.05, 0.1) is 11.3 Å². The van der Waals surface area contributed by atoms with Crippen molar-refractivity contribution in [2.75, 3.05) is 21.7 Å². The molecule has 2 heterocycles. The topological polar surface area (TPSA) is 69.7 Å². The molecule has 0 spiro atoms. The highest BCUT2D eigenvalue weighted by atomic mass is 16.2. The number of carbonyl (C=O) groups excluding carboxylic acids is 3. The summed E-state index contributed by atoms with van der Waals surface area (Å²) >= 11 is 0. The number of hydrogen-bond donors (Lipinski definition) is 1. The van der Waals surface area contributed by atoms with Crippen molar-refractivity contribution in [1.82, 2.24) is 0 Å². The van der Waals surface area contributed by atoms with Crippen LogP contribution < -0.4 is 15.1 Å². The normalized spacial score (nSPS) is 15.3. The molecule has 3 aromatic rings. The molecule has 0 saturated heterocycles. The highest BCUT2D eigenvalue weighted by Crippen LogP contribution is 2.41. The van der Waals surface area contributed by atoms with Crippen molar-refractivity contribution in [3.05, 3.63) is 94.7 Å². The van der Waals surface area contributed by atoms with Gasteiger partial charge in [-0.2, -0.15) is 0 Å². The Labute approximate surface area is 198 Å². The first kappa shape index (κ1) is 21.6. The molecule has 0 aliphatic carbocycles. The van der Waals surface area contributed by atoms with E-state index in [4.69, 9.17) is 0 Å². The maximum atomic E-state index is 13.9. The van der Waals surface area contributed by atoms with Crippen LogP contribution in [-0.4, -0.2) is 24.3 Å². The fourth-order valence-electron chi connectivity index (χ4n) is 4.70. The minimum Gasteiger partial charge on any atom is -0.336 e. The first-order valence-corrected chi connectivity index (χ1v) is 11.3. The Morgan fingerprint density at radius 1 is 0.882 bits per heavy atom. The van der Waals surface area contributed by atoms with Crippen LogP contribution in [0.25, 0.3) is 5.57 Å². The van der Waals surface area contributed by atoms with Crippen LogP contribution in [0, 0.1) is 13.8 Å². The fraction of sp³-hybridized carbons (Fsp3) is 0.179. The molecule has 0 radical (unpaired) electrons. The van der Waals surface area contributed by atoms with Crippen LogP contribution in [0.5, 0.6) is 0 Å². The van der Waals surface area contributed by atoms with Gasteiger partial charge in [0.2, 0.25) is 5.91 Å². The molecule has 170 valence electrons. The molecule has 3 aromatic carbocycles. The van der Waals surface area contributed by atoms with Gasteiger partial charge >= 0.3 is 0 Å². The number of para-hydroxylation sites is 1. The van der Waals surface area contributed by atoms with Crippen molar-refractivity contribution < 1.29 is 14.4 Å². The molecule has 6 nitrogen and oxygen atoms in total. The van der Waals surface area contributed by atoms with Crippen LogP contribution in [-0.2, 0) is 20.8 Å². The van der Waals surface area contributed by atoms with E-state index in [2.05, 4.69) is 11.4 Å². The zero-order chi connectivity index (χ0) is 24.0. The molecule has 2 aliphatic heterocycles. The Balaban J connectivity index is 1.66. The molecule has 0 bridgehead atoms. The predicted molar refractivity (Wildman–Crippen MR) is 134 cm³/mol. The number of rotatable bonds is 4. The van der Waals surface area contributed by atoms with Crippen molar-refractivity contribution in [1.29, 1.82) is 0 Å². The Hall–Kier alpha value is -4.19. The third-order valence-electron chi connectivity index (χ3n) is 6.32. The van der Waals surface area contributed by atoms with E-state index in [1.165, 1.54) is 11.8 Å². The summed E-state index contributed by atoms with van der Waals surface area (Å²) in [6, 6.07) is 20.8. The number of aryl methyl sites for hydroxylation is 2. The molecule has 3 amide bonds. The third-order valence-corrected chi connectivity index (χ3v) is 6.32. The Bertz CT molecular complexity index is 1370. The first-order valence-electron chi connectivity index (χ1n) is 11.3. The van der Waals surface area contributed by atoms with Crippen LogP contribution in [0.4, 0.5) is 17.1 Å². The lowest BCUT2D eigenvalue weighted by Crippen LogP contribution is -2.35. The molecular formula is C28H25N3O3. The van der Waals surface area contributed by atoms with Crippen molar-refractivity contribution in [2.45, 2.75) is 27.2 Å². The molecule has 34 heavy (non-hydrogen) atoms. The maximum Gasteiger partial charge on any atom is 0.282 e. The second-order valence-electron chi connectivity index (χ2n) is 8.75. The smallest absolute Gasteiger partial charge is 0.282 e. The van der Waals surface area contributed by atoms with E-state index < -0.39 is 0 Å². The number of imide groups is 1. The molecule has 0 fully saturated rings. The average molecular weight is 452 g/mol. The number of anilines is 3. The standard InChI is InChI=1S/C28H25N3O3/c1-17-8-9-18(2)24(16-17)31-27(33)25(21-10-12-22(13-11-21)29-19(3)32)26(28(31)34)30-15-14-20-6-4-5-7-23(20)30/h4-13,16H,14-15H2,1-3H3,(H,29,32). The van der Waals surface area contributed by atoms with E-state index in [1.807, 2.05) is 55.1 Å². The average Bonchev–Trinajstić information content (AvgIpc) is 3.34. The van der Waals surface area contributed by atoms with Crippen LogP contribution in [0.2, 0.25) is 0 Å². The molecule has 2 aliphatic rings. The largest absolute Gasteiger partial charge is 0.336 e. The van der Waals surface area contributed by atoms with Gasteiger partial charge in [-0.15, -0.1) is 0 Å². The summed E-state index contributed by atoms with van der Waals surface area (Å²) in [6.45, 7) is 5.92. The number of amides is 3. The fourth-order valence-corrected chi connectivity index (χ4v) is 4.70. The van der Waals surface area contributed by atoms with Gasteiger partial charge in [0.1, 0.15) is 5.70 Å². The lowest BCUT2D eigenvalue weighted by Gasteiger charge is -2.22. The van der Waals surface area contributed by atoms with Crippen molar-refractivity contribution >= 4 is 40.4 Å². The van der Waals surface area contributed by atoms with E-state index in [9.17, 15) is 14.4 Å². The zero-order valence-corrected chi connectivity index (χ0v) is 19.4. The van der Waals surface area contributed by atoms with Crippen LogP contribution >= 0.6 is 0 Å². The SMILES string of the molecule is CC(=O)Nc1ccc(C2=C(N3CCc4ccccc43)C(=O)N(c3cc(C)ccc3C)C2=O)cc1.